The average Bonchev–Trinajstić information content (AvgIpc) is 2.38. The van der Waals surface area contributed by atoms with E-state index in [1.54, 1.807) is 0 Å². The van der Waals surface area contributed by atoms with Crippen LogP contribution in [0.1, 0.15) is 31.7 Å². The van der Waals surface area contributed by atoms with Crippen molar-refractivity contribution in [1.82, 2.24) is 5.32 Å². The zero-order chi connectivity index (χ0) is 12.1. The molecule has 2 rings (SSSR count). The summed E-state index contributed by atoms with van der Waals surface area (Å²) in [5.41, 5.74) is 2.81. The first-order valence-electron chi connectivity index (χ1n) is 6.85. The highest BCUT2D eigenvalue weighted by atomic mass is 15.1. The highest BCUT2D eigenvalue weighted by Gasteiger charge is 2.19. The lowest BCUT2D eigenvalue weighted by molar-refractivity contribution is 0.415. The Kier molecular flexibility index (Phi) is 4.43. The molecule has 0 saturated carbocycles. The molecule has 0 aliphatic carbocycles. The third-order valence-electron chi connectivity index (χ3n) is 3.63. The SMILES string of the molecule is CCCNC1CCN(c2ccccc2C)CC1. The van der Waals surface area contributed by atoms with E-state index in [1.165, 1.54) is 43.6 Å². The van der Waals surface area contributed by atoms with Gasteiger partial charge in [0, 0.05) is 24.8 Å². The second-order valence-corrected chi connectivity index (χ2v) is 5.00. The number of hydrogen-bond acceptors (Lipinski definition) is 2. The van der Waals surface area contributed by atoms with Crippen LogP contribution in [0, 0.1) is 6.92 Å². The quantitative estimate of drug-likeness (QED) is 0.858. The van der Waals surface area contributed by atoms with Crippen LogP contribution in [0.3, 0.4) is 0 Å². The van der Waals surface area contributed by atoms with Crippen LogP contribution in [-0.2, 0) is 0 Å². The first-order chi connectivity index (χ1) is 8.31. The van der Waals surface area contributed by atoms with Crippen LogP contribution in [0.2, 0.25) is 0 Å². The summed E-state index contributed by atoms with van der Waals surface area (Å²) in [4.78, 5) is 2.53. The van der Waals surface area contributed by atoms with E-state index in [-0.39, 0.29) is 0 Å². The van der Waals surface area contributed by atoms with Crippen LogP contribution in [0.25, 0.3) is 0 Å². The Morgan fingerprint density at radius 2 is 1.94 bits per heavy atom. The molecule has 1 aromatic carbocycles. The van der Waals surface area contributed by atoms with E-state index in [9.17, 15) is 0 Å². The maximum absolute atomic E-state index is 3.63. The molecule has 2 heteroatoms. The minimum absolute atomic E-state index is 0.732. The number of anilines is 1. The van der Waals surface area contributed by atoms with Gasteiger partial charge in [-0.3, -0.25) is 0 Å². The van der Waals surface area contributed by atoms with Gasteiger partial charge in [0.05, 0.1) is 0 Å². The van der Waals surface area contributed by atoms with E-state index in [2.05, 4.69) is 48.3 Å². The average molecular weight is 232 g/mol. The first kappa shape index (κ1) is 12.4. The van der Waals surface area contributed by atoms with Crippen LogP contribution in [0.5, 0.6) is 0 Å². The van der Waals surface area contributed by atoms with Gasteiger partial charge in [0.2, 0.25) is 0 Å². The second-order valence-electron chi connectivity index (χ2n) is 5.00. The Morgan fingerprint density at radius 3 is 2.59 bits per heavy atom. The monoisotopic (exact) mass is 232 g/mol. The highest BCUT2D eigenvalue weighted by molar-refractivity contribution is 5.53. The summed E-state index contributed by atoms with van der Waals surface area (Å²) < 4.78 is 0. The third kappa shape index (κ3) is 3.22. The van der Waals surface area contributed by atoms with Gasteiger partial charge in [-0.05, 0) is 44.4 Å². The van der Waals surface area contributed by atoms with Gasteiger partial charge in [-0.1, -0.05) is 25.1 Å². The van der Waals surface area contributed by atoms with Crippen molar-refractivity contribution in [3.05, 3.63) is 29.8 Å². The molecule has 2 nitrogen and oxygen atoms in total. The molecule has 0 bridgehead atoms. The topological polar surface area (TPSA) is 15.3 Å². The molecule has 0 aromatic heterocycles. The molecule has 94 valence electrons. The highest BCUT2D eigenvalue weighted by Crippen LogP contribution is 2.23. The first-order valence-corrected chi connectivity index (χ1v) is 6.85. The Labute approximate surface area is 105 Å². The lowest BCUT2D eigenvalue weighted by atomic mass is 10.0. The fraction of sp³-hybridized carbons (Fsp3) is 0.600. The van der Waals surface area contributed by atoms with Crippen molar-refractivity contribution in [2.24, 2.45) is 0 Å². The van der Waals surface area contributed by atoms with Crippen LogP contribution < -0.4 is 10.2 Å². The lowest BCUT2D eigenvalue weighted by Gasteiger charge is -2.34. The van der Waals surface area contributed by atoms with Crippen LogP contribution in [-0.4, -0.2) is 25.7 Å². The van der Waals surface area contributed by atoms with Gasteiger partial charge in [0.25, 0.3) is 0 Å². The van der Waals surface area contributed by atoms with Gasteiger partial charge < -0.3 is 10.2 Å². The molecule has 0 atom stereocenters. The molecule has 0 amide bonds. The van der Waals surface area contributed by atoms with Crippen molar-refractivity contribution < 1.29 is 0 Å². The number of benzene rings is 1. The minimum atomic E-state index is 0.732. The van der Waals surface area contributed by atoms with E-state index in [0.717, 1.165) is 12.6 Å². The fourth-order valence-corrected chi connectivity index (χ4v) is 2.59. The van der Waals surface area contributed by atoms with Crippen molar-refractivity contribution in [2.45, 2.75) is 39.2 Å². The van der Waals surface area contributed by atoms with Gasteiger partial charge in [-0.15, -0.1) is 0 Å². The van der Waals surface area contributed by atoms with Gasteiger partial charge in [0.1, 0.15) is 0 Å². The molecule has 0 unspecified atom stereocenters. The summed E-state index contributed by atoms with van der Waals surface area (Å²) >= 11 is 0. The largest absolute Gasteiger partial charge is 0.371 e. The molecule has 1 heterocycles. The van der Waals surface area contributed by atoms with Crippen molar-refractivity contribution >= 4 is 5.69 Å². The Hall–Kier alpha value is -1.02. The lowest BCUT2D eigenvalue weighted by Crippen LogP contribution is -2.42. The summed E-state index contributed by atoms with van der Waals surface area (Å²) in [7, 11) is 0. The summed E-state index contributed by atoms with van der Waals surface area (Å²) in [6.07, 6.45) is 3.78. The number of para-hydroxylation sites is 1. The van der Waals surface area contributed by atoms with E-state index in [1.807, 2.05) is 0 Å². The van der Waals surface area contributed by atoms with Crippen LogP contribution in [0.15, 0.2) is 24.3 Å². The van der Waals surface area contributed by atoms with Crippen LogP contribution >= 0.6 is 0 Å². The van der Waals surface area contributed by atoms with Crippen molar-refractivity contribution in [3.8, 4) is 0 Å². The maximum atomic E-state index is 3.63. The van der Waals surface area contributed by atoms with Gasteiger partial charge in [0.15, 0.2) is 0 Å². The molecule has 17 heavy (non-hydrogen) atoms. The number of aryl methyl sites for hydroxylation is 1. The molecule has 0 radical (unpaired) electrons. The predicted octanol–water partition coefficient (Wildman–Crippen LogP) is 2.96. The molecule has 1 N–H and O–H groups in total. The summed E-state index contributed by atoms with van der Waals surface area (Å²) in [5.74, 6) is 0. The maximum Gasteiger partial charge on any atom is 0.0395 e. The summed E-state index contributed by atoms with van der Waals surface area (Å²) in [6, 6.07) is 9.44. The predicted molar refractivity (Wildman–Crippen MR) is 74.7 cm³/mol. The van der Waals surface area contributed by atoms with E-state index in [4.69, 9.17) is 0 Å². The summed E-state index contributed by atoms with van der Waals surface area (Å²) in [6.45, 7) is 7.97. The molecule has 0 spiro atoms. The number of hydrogen-bond donors (Lipinski definition) is 1. The molecule has 1 aliphatic rings. The summed E-state index contributed by atoms with van der Waals surface area (Å²) in [5, 5.41) is 3.63. The normalized spacial score (nSPS) is 17.4. The van der Waals surface area contributed by atoms with E-state index in [0.29, 0.717) is 0 Å². The number of nitrogens with zero attached hydrogens (tertiary/aromatic N) is 1. The standard InChI is InChI=1S/C15H24N2/c1-3-10-16-14-8-11-17(12-9-14)15-7-5-4-6-13(15)2/h4-7,14,16H,3,8-12H2,1-2H3. The van der Waals surface area contributed by atoms with E-state index >= 15 is 0 Å². The third-order valence-corrected chi connectivity index (χ3v) is 3.63. The zero-order valence-corrected chi connectivity index (χ0v) is 11.1. The van der Waals surface area contributed by atoms with Crippen LogP contribution in [0.4, 0.5) is 5.69 Å². The smallest absolute Gasteiger partial charge is 0.0395 e. The number of piperidine rings is 1. The zero-order valence-electron chi connectivity index (χ0n) is 11.1. The molecule has 1 fully saturated rings. The Balaban J connectivity index is 1.89. The fourth-order valence-electron chi connectivity index (χ4n) is 2.59. The van der Waals surface area contributed by atoms with Crippen molar-refractivity contribution in [1.29, 1.82) is 0 Å². The van der Waals surface area contributed by atoms with E-state index < -0.39 is 0 Å². The van der Waals surface area contributed by atoms with Crippen molar-refractivity contribution in [2.75, 3.05) is 24.5 Å². The number of rotatable bonds is 4. The van der Waals surface area contributed by atoms with Gasteiger partial charge >= 0.3 is 0 Å². The molecule has 1 aromatic rings. The Bertz CT molecular complexity index is 341. The van der Waals surface area contributed by atoms with Gasteiger partial charge in [-0.25, -0.2) is 0 Å². The molecular weight excluding hydrogens is 208 g/mol. The van der Waals surface area contributed by atoms with Gasteiger partial charge in [-0.2, -0.15) is 0 Å². The van der Waals surface area contributed by atoms with Crippen molar-refractivity contribution in [3.63, 3.8) is 0 Å². The Morgan fingerprint density at radius 1 is 1.24 bits per heavy atom. The molecule has 1 saturated heterocycles. The molecular formula is C15H24N2. The minimum Gasteiger partial charge on any atom is -0.371 e. The number of nitrogens with one attached hydrogen (secondary N) is 1. The molecule has 1 aliphatic heterocycles. The second kappa shape index (κ2) is 6.06.